The minimum Gasteiger partial charge on any atom is -0.422 e. The standard InChI is InChI=1S/C20H14FNO3/c21-17-12-6-4-10-15(17)20(24)25-18-13-7-5-11-16(18)19(23)22-14-8-2-1-3-9-14/h1-13H,(H,22,23). The number of halogens is 1. The van der Waals surface area contributed by atoms with E-state index in [9.17, 15) is 14.0 Å². The summed E-state index contributed by atoms with van der Waals surface area (Å²) in [6.45, 7) is 0. The maximum atomic E-state index is 13.7. The molecule has 0 saturated carbocycles. The molecule has 124 valence electrons. The maximum Gasteiger partial charge on any atom is 0.346 e. The molecule has 0 aliphatic rings. The van der Waals surface area contributed by atoms with Crippen molar-refractivity contribution >= 4 is 17.6 Å². The highest BCUT2D eigenvalue weighted by Crippen LogP contribution is 2.21. The number of para-hydroxylation sites is 2. The monoisotopic (exact) mass is 335 g/mol. The van der Waals surface area contributed by atoms with Crippen LogP contribution >= 0.6 is 0 Å². The van der Waals surface area contributed by atoms with Gasteiger partial charge in [0.15, 0.2) is 0 Å². The van der Waals surface area contributed by atoms with E-state index in [0.717, 1.165) is 0 Å². The summed E-state index contributed by atoms with van der Waals surface area (Å²) in [6.07, 6.45) is 0. The lowest BCUT2D eigenvalue weighted by Crippen LogP contribution is -2.16. The first kappa shape index (κ1) is 16.4. The van der Waals surface area contributed by atoms with E-state index >= 15 is 0 Å². The van der Waals surface area contributed by atoms with Crippen LogP contribution < -0.4 is 10.1 Å². The number of hydrogen-bond acceptors (Lipinski definition) is 3. The average molecular weight is 335 g/mol. The molecule has 1 N–H and O–H groups in total. The van der Waals surface area contributed by atoms with Gasteiger partial charge in [0, 0.05) is 5.69 Å². The van der Waals surface area contributed by atoms with Crippen molar-refractivity contribution < 1.29 is 18.7 Å². The van der Waals surface area contributed by atoms with Crippen molar-refractivity contribution in [2.24, 2.45) is 0 Å². The summed E-state index contributed by atoms with van der Waals surface area (Å²) in [5, 5.41) is 2.72. The van der Waals surface area contributed by atoms with Crippen molar-refractivity contribution in [1.82, 2.24) is 0 Å². The summed E-state index contributed by atoms with van der Waals surface area (Å²) in [7, 11) is 0. The number of benzene rings is 3. The van der Waals surface area contributed by atoms with Crippen LogP contribution in [0.4, 0.5) is 10.1 Å². The van der Waals surface area contributed by atoms with Crippen LogP contribution in [0.25, 0.3) is 0 Å². The summed E-state index contributed by atoms with van der Waals surface area (Å²) in [5.41, 5.74) is 0.597. The summed E-state index contributed by atoms with van der Waals surface area (Å²) in [6, 6.07) is 20.7. The van der Waals surface area contributed by atoms with Crippen LogP contribution in [0.5, 0.6) is 5.75 Å². The van der Waals surface area contributed by atoms with E-state index in [1.807, 2.05) is 6.07 Å². The van der Waals surface area contributed by atoms with Gasteiger partial charge in [-0.1, -0.05) is 42.5 Å². The quantitative estimate of drug-likeness (QED) is 0.571. The van der Waals surface area contributed by atoms with Gasteiger partial charge in [-0.15, -0.1) is 0 Å². The Labute approximate surface area is 143 Å². The van der Waals surface area contributed by atoms with Gasteiger partial charge in [-0.2, -0.15) is 0 Å². The molecule has 25 heavy (non-hydrogen) atoms. The normalized spacial score (nSPS) is 10.1. The Balaban J connectivity index is 1.82. The Kier molecular flexibility index (Phi) is 4.85. The smallest absolute Gasteiger partial charge is 0.346 e. The molecule has 5 heteroatoms. The lowest BCUT2D eigenvalue weighted by molar-refractivity contribution is 0.0728. The van der Waals surface area contributed by atoms with Gasteiger partial charge in [-0.3, -0.25) is 4.79 Å². The van der Waals surface area contributed by atoms with Crippen molar-refractivity contribution in [3.8, 4) is 5.75 Å². The first-order valence-electron chi connectivity index (χ1n) is 7.57. The first-order chi connectivity index (χ1) is 12.1. The predicted octanol–water partition coefficient (Wildman–Crippen LogP) is 4.30. The molecule has 0 bridgehead atoms. The van der Waals surface area contributed by atoms with Gasteiger partial charge >= 0.3 is 5.97 Å². The molecule has 0 aromatic heterocycles. The minimum atomic E-state index is -0.863. The number of rotatable bonds is 4. The largest absolute Gasteiger partial charge is 0.422 e. The Bertz CT molecular complexity index is 910. The van der Waals surface area contributed by atoms with E-state index in [1.165, 1.54) is 36.4 Å². The lowest BCUT2D eigenvalue weighted by atomic mass is 10.1. The van der Waals surface area contributed by atoms with Gasteiger partial charge < -0.3 is 10.1 Å². The molecule has 1 amide bonds. The fraction of sp³-hybridized carbons (Fsp3) is 0. The minimum absolute atomic E-state index is 0.0594. The number of hydrogen-bond donors (Lipinski definition) is 1. The molecule has 4 nitrogen and oxygen atoms in total. The van der Waals surface area contributed by atoms with Gasteiger partial charge in [0.1, 0.15) is 11.6 Å². The molecule has 0 unspecified atom stereocenters. The van der Waals surface area contributed by atoms with Crippen molar-refractivity contribution in [3.63, 3.8) is 0 Å². The zero-order valence-electron chi connectivity index (χ0n) is 13.1. The third-order valence-corrected chi connectivity index (χ3v) is 3.46. The molecule has 0 atom stereocenters. The molecule has 0 radical (unpaired) electrons. The van der Waals surface area contributed by atoms with Crippen LogP contribution in [-0.2, 0) is 0 Å². The highest BCUT2D eigenvalue weighted by Gasteiger charge is 2.18. The number of nitrogens with one attached hydrogen (secondary N) is 1. The highest BCUT2D eigenvalue weighted by atomic mass is 19.1. The van der Waals surface area contributed by atoms with Crippen molar-refractivity contribution in [3.05, 3.63) is 95.8 Å². The zero-order valence-corrected chi connectivity index (χ0v) is 13.1. The molecule has 0 saturated heterocycles. The van der Waals surface area contributed by atoms with E-state index < -0.39 is 17.7 Å². The second kappa shape index (κ2) is 7.40. The Morgan fingerprint density at radius 2 is 1.36 bits per heavy atom. The van der Waals surface area contributed by atoms with Crippen molar-refractivity contribution in [1.29, 1.82) is 0 Å². The Morgan fingerprint density at radius 1 is 0.760 bits per heavy atom. The molecule has 0 heterocycles. The molecular weight excluding hydrogens is 321 g/mol. The van der Waals surface area contributed by atoms with Crippen LogP contribution in [0.1, 0.15) is 20.7 Å². The molecular formula is C20H14FNO3. The summed E-state index contributed by atoms with van der Waals surface area (Å²) in [4.78, 5) is 24.6. The predicted molar refractivity (Wildman–Crippen MR) is 92.2 cm³/mol. The SMILES string of the molecule is O=C(Oc1ccccc1C(=O)Nc1ccccc1)c1ccccc1F. The van der Waals surface area contributed by atoms with Crippen molar-refractivity contribution in [2.75, 3.05) is 5.32 Å². The van der Waals surface area contributed by atoms with E-state index in [0.29, 0.717) is 5.69 Å². The molecule has 0 spiro atoms. The Hall–Kier alpha value is -3.47. The van der Waals surface area contributed by atoms with Gasteiger partial charge in [0.25, 0.3) is 5.91 Å². The van der Waals surface area contributed by atoms with Gasteiger partial charge in [-0.25, -0.2) is 9.18 Å². The molecule has 3 aromatic rings. The second-order valence-corrected chi connectivity index (χ2v) is 5.19. The number of amides is 1. The van der Waals surface area contributed by atoms with Gasteiger partial charge in [0.05, 0.1) is 11.1 Å². The molecule has 0 aliphatic carbocycles. The maximum absolute atomic E-state index is 13.7. The average Bonchev–Trinajstić information content (AvgIpc) is 2.63. The van der Waals surface area contributed by atoms with Crippen LogP contribution in [0.3, 0.4) is 0 Å². The number of esters is 1. The number of carbonyl (C=O) groups excluding carboxylic acids is 2. The number of ether oxygens (including phenoxy) is 1. The number of carbonyl (C=O) groups is 2. The highest BCUT2D eigenvalue weighted by molar-refractivity contribution is 6.07. The molecule has 3 rings (SSSR count). The van der Waals surface area contributed by atoms with Crippen LogP contribution in [-0.4, -0.2) is 11.9 Å². The fourth-order valence-electron chi connectivity index (χ4n) is 2.24. The second-order valence-electron chi connectivity index (χ2n) is 5.19. The summed E-state index contributed by atoms with van der Waals surface area (Å²) >= 11 is 0. The van der Waals surface area contributed by atoms with Crippen molar-refractivity contribution in [2.45, 2.75) is 0 Å². The lowest BCUT2D eigenvalue weighted by Gasteiger charge is -2.11. The van der Waals surface area contributed by atoms with E-state index in [4.69, 9.17) is 4.74 Å². The fourth-order valence-corrected chi connectivity index (χ4v) is 2.24. The molecule has 0 fully saturated rings. The zero-order chi connectivity index (χ0) is 17.6. The first-order valence-corrected chi connectivity index (χ1v) is 7.57. The Morgan fingerprint density at radius 3 is 2.08 bits per heavy atom. The summed E-state index contributed by atoms with van der Waals surface area (Å²) in [5.74, 6) is -1.91. The topological polar surface area (TPSA) is 55.4 Å². The van der Waals surface area contributed by atoms with E-state index in [2.05, 4.69) is 5.32 Å². The van der Waals surface area contributed by atoms with Gasteiger partial charge in [0.2, 0.25) is 0 Å². The molecule has 3 aromatic carbocycles. The number of anilines is 1. The van der Waals surface area contributed by atoms with E-state index in [1.54, 1.807) is 36.4 Å². The van der Waals surface area contributed by atoms with Crippen LogP contribution in [0.15, 0.2) is 78.9 Å². The van der Waals surface area contributed by atoms with E-state index in [-0.39, 0.29) is 16.9 Å². The van der Waals surface area contributed by atoms with Crippen LogP contribution in [0.2, 0.25) is 0 Å². The third-order valence-electron chi connectivity index (χ3n) is 3.46. The third kappa shape index (κ3) is 3.90. The van der Waals surface area contributed by atoms with Crippen LogP contribution in [0, 0.1) is 5.82 Å². The summed E-state index contributed by atoms with van der Waals surface area (Å²) < 4.78 is 18.9. The van der Waals surface area contributed by atoms with Gasteiger partial charge in [-0.05, 0) is 36.4 Å². The molecule has 0 aliphatic heterocycles.